The van der Waals surface area contributed by atoms with Gasteiger partial charge in [0.15, 0.2) is 0 Å². The van der Waals surface area contributed by atoms with Crippen LogP contribution in [0.1, 0.15) is 5.56 Å². The van der Waals surface area contributed by atoms with Gasteiger partial charge in [0.2, 0.25) is 0 Å². The highest BCUT2D eigenvalue weighted by molar-refractivity contribution is 9.10. The maximum absolute atomic E-state index is 13.1. The van der Waals surface area contributed by atoms with E-state index < -0.39 is 14.9 Å². The molecule has 132 valence electrons. The van der Waals surface area contributed by atoms with Crippen molar-refractivity contribution in [2.24, 2.45) is 0 Å². The second-order valence-corrected chi connectivity index (χ2v) is 8.22. The molecule has 0 aliphatic rings. The summed E-state index contributed by atoms with van der Waals surface area (Å²) in [6.45, 7) is 5.15. The predicted octanol–water partition coefficient (Wildman–Crippen LogP) is 4.70. The Hall–Kier alpha value is -1.90. The van der Waals surface area contributed by atoms with Gasteiger partial charge in [0.25, 0.3) is 15.7 Å². The molecule has 0 spiro atoms. The highest BCUT2D eigenvalue weighted by atomic mass is 79.9. The molecule has 0 saturated carbocycles. The predicted molar refractivity (Wildman–Crippen MR) is 102 cm³/mol. The average molecular weight is 446 g/mol. The van der Waals surface area contributed by atoms with Crippen LogP contribution in [0.5, 0.6) is 0 Å². The highest BCUT2D eigenvalue weighted by Gasteiger charge is 2.28. The maximum atomic E-state index is 13.1. The maximum Gasteiger partial charge on any atom is 0.270 e. The third-order valence-corrected chi connectivity index (χ3v) is 6.60. The fraction of sp³-hybridized carbons (Fsp3) is 0.125. The van der Waals surface area contributed by atoms with Gasteiger partial charge in [-0.1, -0.05) is 23.7 Å². The number of anilines is 1. The normalized spacial score (nSPS) is 11.2. The molecule has 25 heavy (non-hydrogen) atoms. The molecular formula is C16H14BrClN2O4S. The Labute approximate surface area is 159 Å². The van der Waals surface area contributed by atoms with Crippen molar-refractivity contribution in [2.75, 3.05) is 10.8 Å². The molecule has 0 atom stereocenters. The van der Waals surface area contributed by atoms with Crippen molar-refractivity contribution in [2.45, 2.75) is 11.8 Å². The zero-order chi connectivity index (χ0) is 18.8. The van der Waals surface area contributed by atoms with Crippen molar-refractivity contribution >= 4 is 48.9 Å². The van der Waals surface area contributed by atoms with Gasteiger partial charge in [-0.3, -0.25) is 14.4 Å². The van der Waals surface area contributed by atoms with E-state index in [2.05, 4.69) is 22.5 Å². The van der Waals surface area contributed by atoms with Crippen molar-refractivity contribution in [1.29, 1.82) is 0 Å². The zero-order valence-corrected chi connectivity index (χ0v) is 16.3. The number of hydrogen-bond donors (Lipinski definition) is 0. The van der Waals surface area contributed by atoms with E-state index in [0.717, 1.165) is 10.4 Å². The molecule has 0 N–H and O–H groups in total. The van der Waals surface area contributed by atoms with Crippen LogP contribution < -0.4 is 4.31 Å². The second kappa shape index (κ2) is 7.55. The van der Waals surface area contributed by atoms with Gasteiger partial charge < -0.3 is 0 Å². The third-order valence-electron chi connectivity index (χ3n) is 3.44. The Morgan fingerprint density at radius 3 is 2.56 bits per heavy atom. The molecule has 0 aromatic heterocycles. The van der Waals surface area contributed by atoms with Gasteiger partial charge in [0.1, 0.15) is 0 Å². The SMILES string of the molecule is C=CCN(c1ccc(Br)c(Cl)c1)S(=O)(=O)c1cc([N+](=O)[O-])ccc1C. The van der Waals surface area contributed by atoms with E-state index in [4.69, 9.17) is 11.6 Å². The van der Waals surface area contributed by atoms with Gasteiger partial charge in [0, 0.05) is 16.6 Å². The molecule has 9 heteroatoms. The summed E-state index contributed by atoms with van der Waals surface area (Å²) in [6, 6.07) is 8.45. The minimum atomic E-state index is -4.05. The van der Waals surface area contributed by atoms with Crippen molar-refractivity contribution in [3.63, 3.8) is 0 Å². The highest BCUT2D eigenvalue weighted by Crippen LogP contribution is 2.32. The molecule has 0 unspecified atom stereocenters. The number of nitro benzene ring substituents is 1. The van der Waals surface area contributed by atoms with Crippen molar-refractivity contribution < 1.29 is 13.3 Å². The first-order valence-corrected chi connectivity index (χ1v) is 9.63. The Bertz CT molecular complexity index is 947. The number of nitrogens with zero attached hydrogens (tertiary/aromatic N) is 2. The van der Waals surface area contributed by atoms with Crippen LogP contribution in [0.2, 0.25) is 5.02 Å². The Kier molecular flexibility index (Phi) is 5.87. The Morgan fingerprint density at radius 2 is 2.00 bits per heavy atom. The summed E-state index contributed by atoms with van der Waals surface area (Å²) >= 11 is 9.32. The fourth-order valence-corrected chi connectivity index (χ4v) is 4.29. The first-order chi connectivity index (χ1) is 11.7. The lowest BCUT2D eigenvalue weighted by Crippen LogP contribution is -2.31. The monoisotopic (exact) mass is 444 g/mol. The molecule has 0 bridgehead atoms. The van der Waals surface area contributed by atoms with Crippen molar-refractivity contribution in [3.05, 3.63) is 74.2 Å². The summed E-state index contributed by atoms with van der Waals surface area (Å²) in [5.74, 6) is 0. The number of hydrogen-bond acceptors (Lipinski definition) is 4. The molecule has 0 fully saturated rings. The van der Waals surface area contributed by atoms with Crippen LogP contribution in [-0.4, -0.2) is 19.9 Å². The van der Waals surface area contributed by atoms with Crippen LogP contribution in [0.15, 0.2) is 58.4 Å². The van der Waals surface area contributed by atoms with E-state index in [1.165, 1.54) is 24.3 Å². The van der Waals surface area contributed by atoms with Crippen LogP contribution in [0.4, 0.5) is 11.4 Å². The number of rotatable bonds is 6. The summed E-state index contributed by atoms with van der Waals surface area (Å²) in [5.41, 5.74) is 0.443. The van der Waals surface area contributed by atoms with Crippen LogP contribution >= 0.6 is 27.5 Å². The summed E-state index contributed by atoms with van der Waals surface area (Å²) in [4.78, 5) is 10.2. The van der Waals surface area contributed by atoms with Crippen LogP contribution in [0.25, 0.3) is 0 Å². The van der Waals surface area contributed by atoms with E-state index >= 15 is 0 Å². The van der Waals surface area contributed by atoms with Crippen molar-refractivity contribution in [1.82, 2.24) is 0 Å². The first kappa shape index (κ1) is 19.4. The number of aryl methyl sites for hydroxylation is 1. The minimum Gasteiger partial charge on any atom is -0.262 e. The average Bonchev–Trinajstić information content (AvgIpc) is 2.55. The van der Waals surface area contributed by atoms with Gasteiger partial charge in [-0.2, -0.15) is 0 Å². The Morgan fingerprint density at radius 1 is 1.32 bits per heavy atom. The lowest BCUT2D eigenvalue weighted by Gasteiger charge is -2.24. The molecular weight excluding hydrogens is 432 g/mol. The number of halogens is 2. The second-order valence-electron chi connectivity index (χ2n) is 5.13. The number of nitro groups is 1. The van der Waals surface area contributed by atoms with Gasteiger partial charge in [-0.05, 0) is 46.6 Å². The number of sulfonamides is 1. The minimum absolute atomic E-state index is 0.0115. The molecule has 2 aromatic rings. The summed E-state index contributed by atoms with van der Waals surface area (Å²) in [7, 11) is -4.05. The molecule has 0 radical (unpaired) electrons. The van der Waals surface area contributed by atoms with Crippen LogP contribution in [0, 0.1) is 17.0 Å². The summed E-state index contributed by atoms with van der Waals surface area (Å²) < 4.78 is 28.0. The molecule has 0 saturated heterocycles. The van der Waals surface area contributed by atoms with Crippen molar-refractivity contribution in [3.8, 4) is 0 Å². The van der Waals surface area contributed by atoms with Crippen LogP contribution in [-0.2, 0) is 10.0 Å². The quantitative estimate of drug-likeness (QED) is 0.367. The van der Waals surface area contributed by atoms with Gasteiger partial charge in [0.05, 0.1) is 27.1 Å². The molecule has 0 heterocycles. The first-order valence-electron chi connectivity index (χ1n) is 7.02. The molecule has 0 aliphatic carbocycles. The molecule has 2 aromatic carbocycles. The van der Waals surface area contributed by atoms with E-state index in [1.807, 2.05) is 0 Å². The lowest BCUT2D eigenvalue weighted by atomic mass is 10.2. The van der Waals surface area contributed by atoms with Gasteiger partial charge in [-0.25, -0.2) is 8.42 Å². The number of non-ortho nitro benzene ring substituents is 1. The van der Waals surface area contributed by atoms with E-state index in [9.17, 15) is 18.5 Å². The smallest absolute Gasteiger partial charge is 0.262 e. The number of benzene rings is 2. The van der Waals surface area contributed by atoms with E-state index in [0.29, 0.717) is 20.7 Å². The molecule has 0 amide bonds. The zero-order valence-electron chi connectivity index (χ0n) is 13.1. The van der Waals surface area contributed by atoms with E-state index in [-0.39, 0.29) is 17.1 Å². The van der Waals surface area contributed by atoms with E-state index in [1.54, 1.807) is 19.1 Å². The standard InChI is InChI=1S/C16H14BrClN2O4S/c1-3-8-19(12-6-7-14(17)15(18)9-12)25(23,24)16-10-13(20(21)22)5-4-11(16)2/h3-7,9-10H,1,8H2,2H3. The molecule has 6 nitrogen and oxygen atoms in total. The van der Waals surface area contributed by atoms with Crippen LogP contribution in [0.3, 0.4) is 0 Å². The largest absolute Gasteiger partial charge is 0.270 e. The summed E-state index contributed by atoms with van der Waals surface area (Å²) in [5, 5.41) is 11.3. The Balaban J connectivity index is 2.64. The topological polar surface area (TPSA) is 80.5 Å². The third kappa shape index (κ3) is 4.02. The lowest BCUT2D eigenvalue weighted by molar-refractivity contribution is -0.385. The fourth-order valence-electron chi connectivity index (χ4n) is 2.20. The van der Waals surface area contributed by atoms with Gasteiger partial charge in [-0.15, -0.1) is 6.58 Å². The van der Waals surface area contributed by atoms with Gasteiger partial charge >= 0.3 is 0 Å². The molecule has 0 aliphatic heterocycles. The molecule has 2 rings (SSSR count). The summed E-state index contributed by atoms with van der Waals surface area (Å²) in [6.07, 6.45) is 1.43.